The number of nitro benzene ring substituents is 1. The molecule has 0 bridgehead atoms. The molecule has 0 aromatic heterocycles. The fourth-order valence-corrected chi connectivity index (χ4v) is 2.39. The van der Waals surface area contributed by atoms with Gasteiger partial charge >= 0.3 is 6.18 Å². The third kappa shape index (κ3) is 6.45. The number of nitrogens with one attached hydrogen (secondary N) is 1. The van der Waals surface area contributed by atoms with Gasteiger partial charge in [0, 0.05) is 24.7 Å². The normalized spacial score (nSPS) is 11.3. The average Bonchev–Trinajstić information content (AvgIpc) is 2.61. The van der Waals surface area contributed by atoms with Gasteiger partial charge in [-0.25, -0.2) is 0 Å². The van der Waals surface area contributed by atoms with Crippen molar-refractivity contribution in [3.05, 3.63) is 63.7 Å². The average molecular weight is 384 g/mol. The van der Waals surface area contributed by atoms with Crippen molar-refractivity contribution in [2.24, 2.45) is 0 Å². The van der Waals surface area contributed by atoms with Crippen LogP contribution in [0.15, 0.2) is 42.5 Å². The number of ether oxygens (including phenoxy) is 2. The lowest BCUT2D eigenvalue weighted by Crippen LogP contribution is -2.19. The van der Waals surface area contributed by atoms with Gasteiger partial charge in [-0.3, -0.25) is 10.1 Å². The van der Waals surface area contributed by atoms with Crippen LogP contribution in [0.5, 0.6) is 11.5 Å². The van der Waals surface area contributed by atoms with Crippen molar-refractivity contribution in [2.45, 2.75) is 26.2 Å². The van der Waals surface area contributed by atoms with Crippen LogP contribution in [0.4, 0.5) is 18.9 Å². The summed E-state index contributed by atoms with van der Waals surface area (Å²) in [4.78, 5) is 10.6. The van der Waals surface area contributed by atoms with E-state index in [0.29, 0.717) is 12.1 Å². The molecule has 0 aliphatic carbocycles. The molecule has 146 valence electrons. The first-order valence-corrected chi connectivity index (χ1v) is 8.18. The Morgan fingerprint density at radius 1 is 1.07 bits per heavy atom. The van der Waals surface area contributed by atoms with E-state index in [2.05, 4.69) is 5.32 Å². The number of hydrogen-bond donors (Lipinski definition) is 1. The summed E-state index contributed by atoms with van der Waals surface area (Å²) in [6.07, 6.45) is -4.44. The van der Waals surface area contributed by atoms with Crippen molar-refractivity contribution < 1.29 is 27.6 Å². The van der Waals surface area contributed by atoms with E-state index in [0.717, 1.165) is 5.56 Å². The maximum atomic E-state index is 12.3. The molecule has 1 N–H and O–H groups in total. The zero-order chi connectivity index (χ0) is 19.9. The summed E-state index contributed by atoms with van der Waals surface area (Å²) in [6, 6.07) is 11.0. The summed E-state index contributed by atoms with van der Waals surface area (Å²) < 4.78 is 47.1. The zero-order valence-corrected chi connectivity index (χ0v) is 14.6. The minimum Gasteiger partial charge on any atom is -0.490 e. The highest BCUT2D eigenvalue weighted by Gasteiger charge is 2.29. The van der Waals surface area contributed by atoms with Crippen molar-refractivity contribution in [2.75, 3.05) is 13.2 Å². The molecule has 0 amide bonds. The topological polar surface area (TPSA) is 73.6 Å². The van der Waals surface area contributed by atoms with Gasteiger partial charge in [-0.05, 0) is 24.6 Å². The van der Waals surface area contributed by atoms with Gasteiger partial charge < -0.3 is 14.8 Å². The Hall–Kier alpha value is -2.81. The Bertz CT molecular complexity index is 781. The Labute approximate surface area is 154 Å². The van der Waals surface area contributed by atoms with Crippen LogP contribution in [0.2, 0.25) is 0 Å². The second-order valence-corrected chi connectivity index (χ2v) is 5.61. The number of para-hydroxylation sites is 1. The lowest BCUT2D eigenvalue weighted by Gasteiger charge is -2.15. The minimum atomic E-state index is -4.44. The number of rotatable bonds is 9. The highest BCUT2D eigenvalue weighted by atomic mass is 19.4. The number of hydrogen-bond acceptors (Lipinski definition) is 5. The van der Waals surface area contributed by atoms with Gasteiger partial charge in [-0.15, -0.1) is 0 Å². The van der Waals surface area contributed by atoms with Crippen molar-refractivity contribution in [1.82, 2.24) is 5.32 Å². The van der Waals surface area contributed by atoms with Gasteiger partial charge in [0.25, 0.3) is 5.69 Å². The fraction of sp³-hybridized carbons (Fsp3) is 0.333. The second kappa shape index (κ2) is 9.22. The molecule has 0 saturated heterocycles. The summed E-state index contributed by atoms with van der Waals surface area (Å²) in [7, 11) is 0. The highest BCUT2D eigenvalue weighted by molar-refractivity contribution is 5.43. The lowest BCUT2D eigenvalue weighted by molar-refractivity contribution is -0.385. The Morgan fingerprint density at radius 3 is 2.48 bits per heavy atom. The monoisotopic (exact) mass is 384 g/mol. The van der Waals surface area contributed by atoms with E-state index in [1.54, 1.807) is 37.3 Å². The van der Waals surface area contributed by atoms with E-state index in [-0.39, 0.29) is 30.3 Å². The molecular formula is C18H19F3N2O4. The molecular weight excluding hydrogens is 365 g/mol. The first kappa shape index (κ1) is 20.5. The summed E-state index contributed by atoms with van der Waals surface area (Å²) in [5.41, 5.74) is 1.31. The molecule has 0 atom stereocenters. The van der Waals surface area contributed by atoms with Crippen LogP contribution in [-0.4, -0.2) is 24.3 Å². The van der Waals surface area contributed by atoms with Gasteiger partial charge in [0.05, 0.1) is 11.5 Å². The molecule has 6 nitrogen and oxygen atoms in total. The number of halogens is 3. The van der Waals surface area contributed by atoms with E-state index >= 15 is 0 Å². The summed E-state index contributed by atoms with van der Waals surface area (Å²) in [5, 5.41) is 14.1. The molecule has 0 unspecified atom stereocenters. The Kier molecular flexibility index (Phi) is 7.00. The van der Waals surface area contributed by atoms with Gasteiger partial charge in [-0.2, -0.15) is 13.2 Å². The highest BCUT2D eigenvalue weighted by Crippen LogP contribution is 2.30. The molecule has 0 radical (unpaired) electrons. The smallest absolute Gasteiger partial charge is 0.422 e. The van der Waals surface area contributed by atoms with Crippen molar-refractivity contribution in [3.8, 4) is 11.5 Å². The quantitative estimate of drug-likeness (QED) is 0.518. The molecule has 0 saturated carbocycles. The number of alkyl halides is 3. The SMILES string of the molecule is CCOc1cc(CNCc2ccccc2[N+](=O)[O-])ccc1OCC(F)(F)F. The molecule has 2 rings (SSSR count). The molecule has 0 spiro atoms. The maximum absolute atomic E-state index is 12.3. The van der Waals surface area contributed by atoms with Crippen LogP contribution in [0, 0.1) is 10.1 Å². The van der Waals surface area contributed by atoms with E-state index in [1.165, 1.54) is 12.1 Å². The Balaban J connectivity index is 2.02. The molecule has 0 aliphatic heterocycles. The molecule has 2 aromatic carbocycles. The summed E-state index contributed by atoms with van der Waals surface area (Å²) in [5.74, 6) is 0.225. The number of nitro groups is 1. The molecule has 27 heavy (non-hydrogen) atoms. The van der Waals surface area contributed by atoms with Gasteiger partial charge in [-0.1, -0.05) is 24.3 Å². The predicted octanol–water partition coefficient (Wildman–Crippen LogP) is 4.22. The molecule has 0 heterocycles. The van der Waals surface area contributed by atoms with Crippen LogP contribution in [0.1, 0.15) is 18.1 Å². The van der Waals surface area contributed by atoms with Crippen LogP contribution < -0.4 is 14.8 Å². The van der Waals surface area contributed by atoms with Crippen LogP contribution in [0.3, 0.4) is 0 Å². The minimum absolute atomic E-state index is 0.0108. The Morgan fingerprint density at radius 2 is 1.81 bits per heavy atom. The van der Waals surface area contributed by atoms with Crippen molar-refractivity contribution >= 4 is 5.69 Å². The largest absolute Gasteiger partial charge is 0.490 e. The fourth-order valence-electron chi connectivity index (χ4n) is 2.39. The second-order valence-electron chi connectivity index (χ2n) is 5.61. The molecule has 9 heteroatoms. The van der Waals surface area contributed by atoms with E-state index in [1.807, 2.05) is 0 Å². The predicted molar refractivity (Wildman–Crippen MR) is 92.8 cm³/mol. The zero-order valence-electron chi connectivity index (χ0n) is 14.6. The van der Waals surface area contributed by atoms with Crippen molar-refractivity contribution in [1.29, 1.82) is 0 Å². The van der Waals surface area contributed by atoms with E-state index in [4.69, 9.17) is 9.47 Å². The van der Waals surface area contributed by atoms with Crippen LogP contribution >= 0.6 is 0 Å². The van der Waals surface area contributed by atoms with Gasteiger partial charge in [0.2, 0.25) is 0 Å². The van der Waals surface area contributed by atoms with Crippen LogP contribution in [-0.2, 0) is 13.1 Å². The maximum Gasteiger partial charge on any atom is 0.422 e. The van der Waals surface area contributed by atoms with E-state index in [9.17, 15) is 23.3 Å². The molecule has 0 aliphatic rings. The third-order valence-electron chi connectivity index (χ3n) is 3.53. The summed E-state index contributed by atoms with van der Waals surface area (Å²) in [6.45, 7) is 1.21. The molecule has 2 aromatic rings. The lowest BCUT2D eigenvalue weighted by atomic mass is 10.1. The molecule has 0 fully saturated rings. The van der Waals surface area contributed by atoms with Crippen LogP contribution in [0.25, 0.3) is 0 Å². The van der Waals surface area contributed by atoms with Crippen molar-refractivity contribution in [3.63, 3.8) is 0 Å². The van der Waals surface area contributed by atoms with E-state index < -0.39 is 17.7 Å². The first-order valence-electron chi connectivity index (χ1n) is 8.18. The number of benzene rings is 2. The van der Waals surface area contributed by atoms with Gasteiger partial charge in [0.15, 0.2) is 18.1 Å². The number of nitrogens with zero attached hydrogens (tertiary/aromatic N) is 1. The third-order valence-corrected chi connectivity index (χ3v) is 3.53. The summed E-state index contributed by atoms with van der Waals surface area (Å²) >= 11 is 0. The first-order chi connectivity index (χ1) is 12.8. The standard InChI is InChI=1S/C18H19F3N2O4/c1-2-26-17-9-13(7-8-16(17)27-12-18(19,20)21)10-22-11-14-5-3-4-6-15(14)23(24)25/h3-9,22H,2,10-12H2,1H3. The van der Waals surface area contributed by atoms with Gasteiger partial charge in [0.1, 0.15) is 0 Å².